The summed E-state index contributed by atoms with van der Waals surface area (Å²) in [5.41, 5.74) is 2.17. The molecule has 0 spiro atoms. The summed E-state index contributed by atoms with van der Waals surface area (Å²) in [4.78, 5) is 0. The van der Waals surface area contributed by atoms with Gasteiger partial charge in [-0.3, -0.25) is 4.68 Å². The number of hydrogen-bond donors (Lipinski definition) is 1. The number of aliphatic hydroxyl groups is 1. The van der Waals surface area contributed by atoms with Crippen LogP contribution in [0.15, 0.2) is 6.07 Å². The number of nitrogens with zero attached hydrogens (tertiary/aromatic N) is 2. The van der Waals surface area contributed by atoms with Gasteiger partial charge < -0.3 is 9.84 Å². The Balaban J connectivity index is 1.96. The minimum Gasteiger partial charge on any atom is -0.390 e. The van der Waals surface area contributed by atoms with Gasteiger partial charge in [-0.15, -0.1) is 0 Å². The van der Waals surface area contributed by atoms with Crippen LogP contribution in [0.1, 0.15) is 37.6 Å². The van der Waals surface area contributed by atoms with Gasteiger partial charge in [0.05, 0.1) is 17.9 Å². The van der Waals surface area contributed by atoms with Crippen LogP contribution in [0.3, 0.4) is 0 Å². The summed E-state index contributed by atoms with van der Waals surface area (Å²) in [5, 5.41) is 14.6. The molecule has 4 heteroatoms. The Morgan fingerprint density at radius 3 is 3.00 bits per heavy atom. The van der Waals surface area contributed by atoms with Gasteiger partial charge >= 0.3 is 0 Å². The lowest BCUT2D eigenvalue weighted by Gasteiger charge is -2.27. The van der Waals surface area contributed by atoms with Crippen LogP contribution >= 0.6 is 0 Å². The van der Waals surface area contributed by atoms with E-state index in [0.29, 0.717) is 6.42 Å². The highest BCUT2D eigenvalue weighted by atomic mass is 16.5. The third-order valence-electron chi connectivity index (χ3n) is 3.45. The van der Waals surface area contributed by atoms with Gasteiger partial charge in [0.15, 0.2) is 0 Å². The zero-order valence-electron chi connectivity index (χ0n) is 10.7. The summed E-state index contributed by atoms with van der Waals surface area (Å²) in [6, 6.07) is 2.08. The van der Waals surface area contributed by atoms with E-state index < -0.39 is 6.10 Å². The first-order valence-electron chi connectivity index (χ1n) is 6.52. The minimum absolute atomic E-state index is 0.00345. The maximum atomic E-state index is 10.2. The van der Waals surface area contributed by atoms with E-state index in [1.54, 1.807) is 0 Å². The van der Waals surface area contributed by atoms with E-state index in [1.807, 2.05) is 11.7 Å². The number of aryl methyl sites for hydroxylation is 2. The molecule has 0 aliphatic carbocycles. The Hall–Kier alpha value is -0.870. The molecule has 1 aromatic heterocycles. The maximum absolute atomic E-state index is 10.2. The van der Waals surface area contributed by atoms with Crippen LogP contribution in [-0.2, 0) is 24.6 Å². The average molecular weight is 238 g/mol. The van der Waals surface area contributed by atoms with Crippen molar-refractivity contribution < 1.29 is 9.84 Å². The highest BCUT2D eigenvalue weighted by molar-refractivity contribution is 5.11. The predicted molar refractivity (Wildman–Crippen MR) is 65.9 cm³/mol. The normalized spacial score (nSPS) is 22.6. The fourth-order valence-corrected chi connectivity index (χ4v) is 2.35. The fourth-order valence-electron chi connectivity index (χ4n) is 2.35. The largest absolute Gasteiger partial charge is 0.390 e. The molecule has 0 radical (unpaired) electrons. The van der Waals surface area contributed by atoms with E-state index in [2.05, 4.69) is 18.1 Å². The van der Waals surface area contributed by atoms with Crippen molar-refractivity contribution in [1.82, 2.24) is 9.78 Å². The highest BCUT2D eigenvalue weighted by Crippen LogP contribution is 2.18. The molecule has 2 unspecified atom stereocenters. The van der Waals surface area contributed by atoms with E-state index in [9.17, 15) is 5.11 Å². The fraction of sp³-hybridized carbons (Fsp3) is 0.769. The number of rotatable bonds is 4. The third kappa shape index (κ3) is 3.07. The molecular weight excluding hydrogens is 216 g/mol. The summed E-state index contributed by atoms with van der Waals surface area (Å²) < 4.78 is 7.47. The van der Waals surface area contributed by atoms with Gasteiger partial charge in [-0.05, 0) is 31.7 Å². The van der Waals surface area contributed by atoms with Crippen LogP contribution in [0.5, 0.6) is 0 Å². The molecule has 0 aromatic carbocycles. The van der Waals surface area contributed by atoms with Crippen molar-refractivity contribution in [2.24, 2.45) is 7.05 Å². The second-order valence-electron chi connectivity index (χ2n) is 4.78. The predicted octanol–water partition coefficient (Wildman–Crippen LogP) is 1.45. The van der Waals surface area contributed by atoms with Gasteiger partial charge in [-0.25, -0.2) is 0 Å². The molecule has 1 saturated heterocycles. The van der Waals surface area contributed by atoms with Gasteiger partial charge in [0.1, 0.15) is 0 Å². The van der Waals surface area contributed by atoms with Crippen molar-refractivity contribution in [3.8, 4) is 0 Å². The lowest BCUT2D eigenvalue weighted by Crippen LogP contribution is -2.34. The average Bonchev–Trinajstić information content (AvgIpc) is 2.71. The van der Waals surface area contributed by atoms with Crippen molar-refractivity contribution in [2.75, 3.05) is 6.61 Å². The van der Waals surface area contributed by atoms with E-state index in [1.165, 1.54) is 0 Å². The quantitative estimate of drug-likeness (QED) is 0.863. The Labute approximate surface area is 103 Å². The van der Waals surface area contributed by atoms with Crippen molar-refractivity contribution in [2.45, 2.75) is 51.2 Å². The first-order chi connectivity index (χ1) is 8.20. The Morgan fingerprint density at radius 1 is 1.59 bits per heavy atom. The van der Waals surface area contributed by atoms with Crippen molar-refractivity contribution >= 4 is 0 Å². The molecule has 2 rings (SSSR count). The number of ether oxygens (including phenoxy) is 1. The molecular formula is C13H22N2O2. The number of hydrogen-bond acceptors (Lipinski definition) is 3. The van der Waals surface area contributed by atoms with Crippen LogP contribution < -0.4 is 0 Å². The Kier molecular flexibility index (Phi) is 4.18. The molecule has 1 aliphatic heterocycles. The van der Waals surface area contributed by atoms with Gasteiger partial charge in [0.25, 0.3) is 0 Å². The second kappa shape index (κ2) is 5.65. The molecule has 1 aliphatic rings. The van der Waals surface area contributed by atoms with E-state index in [0.717, 1.165) is 43.7 Å². The lowest BCUT2D eigenvalue weighted by atomic mass is 10.0. The zero-order valence-corrected chi connectivity index (χ0v) is 10.7. The molecule has 1 fully saturated rings. The van der Waals surface area contributed by atoms with Crippen molar-refractivity contribution in [1.29, 1.82) is 0 Å². The summed E-state index contributed by atoms with van der Waals surface area (Å²) in [6.07, 6.45) is 4.42. The first kappa shape index (κ1) is 12.6. The van der Waals surface area contributed by atoms with E-state index >= 15 is 0 Å². The van der Waals surface area contributed by atoms with Gasteiger partial charge in [0, 0.05) is 25.8 Å². The van der Waals surface area contributed by atoms with Crippen LogP contribution in [-0.4, -0.2) is 33.7 Å². The standard InChI is InChI=1S/C13H22N2O2/c1-3-10-8-11(15(2)14-10)9-12(16)13-6-4-5-7-17-13/h8,12-13,16H,3-7,9H2,1-2H3. The monoisotopic (exact) mass is 238 g/mol. The van der Waals surface area contributed by atoms with Gasteiger partial charge in [-0.2, -0.15) is 5.10 Å². The summed E-state index contributed by atoms with van der Waals surface area (Å²) in [5.74, 6) is 0. The summed E-state index contributed by atoms with van der Waals surface area (Å²) >= 11 is 0. The Morgan fingerprint density at radius 2 is 2.41 bits per heavy atom. The van der Waals surface area contributed by atoms with Crippen LogP contribution in [0.25, 0.3) is 0 Å². The molecule has 0 amide bonds. The molecule has 0 bridgehead atoms. The topological polar surface area (TPSA) is 47.3 Å². The smallest absolute Gasteiger partial charge is 0.0856 e. The first-order valence-corrected chi connectivity index (χ1v) is 6.52. The van der Waals surface area contributed by atoms with Gasteiger partial charge in [-0.1, -0.05) is 6.92 Å². The number of aliphatic hydroxyl groups excluding tert-OH is 1. The molecule has 96 valence electrons. The van der Waals surface area contributed by atoms with E-state index in [4.69, 9.17) is 4.74 Å². The zero-order chi connectivity index (χ0) is 12.3. The molecule has 1 N–H and O–H groups in total. The van der Waals surface area contributed by atoms with Gasteiger partial charge in [0.2, 0.25) is 0 Å². The molecule has 4 nitrogen and oxygen atoms in total. The molecule has 2 atom stereocenters. The Bertz CT molecular complexity index is 356. The summed E-state index contributed by atoms with van der Waals surface area (Å²) in [7, 11) is 1.93. The maximum Gasteiger partial charge on any atom is 0.0856 e. The number of aromatic nitrogens is 2. The second-order valence-corrected chi connectivity index (χ2v) is 4.78. The SMILES string of the molecule is CCc1cc(CC(O)C2CCCCO2)n(C)n1. The molecule has 0 saturated carbocycles. The van der Waals surface area contributed by atoms with Crippen LogP contribution in [0.4, 0.5) is 0 Å². The molecule has 17 heavy (non-hydrogen) atoms. The summed E-state index contributed by atoms with van der Waals surface area (Å²) in [6.45, 7) is 2.88. The molecule has 2 heterocycles. The van der Waals surface area contributed by atoms with Crippen molar-refractivity contribution in [3.63, 3.8) is 0 Å². The van der Waals surface area contributed by atoms with Crippen LogP contribution in [0.2, 0.25) is 0 Å². The minimum atomic E-state index is -0.407. The lowest BCUT2D eigenvalue weighted by molar-refractivity contribution is -0.0616. The molecule has 1 aromatic rings. The highest BCUT2D eigenvalue weighted by Gasteiger charge is 2.23. The third-order valence-corrected chi connectivity index (χ3v) is 3.45. The van der Waals surface area contributed by atoms with E-state index in [-0.39, 0.29) is 6.10 Å². The van der Waals surface area contributed by atoms with Crippen LogP contribution in [0, 0.1) is 0 Å². The van der Waals surface area contributed by atoms with Crippen molar-refractivity contribution in [3.05, 3.63) is 17.5 Å².